The highest BCUT2D eigenvalue weighted by molar-refractivity contribution is 6.05. The van der Waals surface area contributed by atoms with E-state index in [0.29, 0.717) is 29.1 Å². The minimum atomic E-state index is 0.0878. The third-order valence-electron chi connectivity index (χ3n) is 4.74. The average Bonchev–Trinajstić information content (AvgIpc) is 3.06. The first-order valence-corrected chi connectivity index (χ1v) is 7.49. The minimum Gasteiger partial charge on any atom is -0.331 e. The average molecular weight is 282 g/mol. The van der Waals surface area contributed by atoms with Crippen LogP contribution in [-0.4, -0.2) is 45.9 Å². The zero-order valence-electron chi connectivity index (χ0n) is 12.0. The third kappa shape index (κ3) is 1.92. The van der Waals surface area contributed by atoms with E-state index in [1.54, 1.807) is 12.4 Å². The fourth-order valence-corrected chi connectivity index (χ4v) is 3.82. The second kappa shape index (κ2) is 4.77. The molecule has 2 aliphatic rings. The number of carbonyl (C=O) groups is 1. The molecule has 1 N–H and O–H groups in total. The topological polar surface area (TPSA) is 58.1 Å². The maximum atomic E-state index is 13.0. The van der Waals surface area contributed by atoms with Gasteiger partial charge in [-0.05, 0) is 31.4 Å². The van der Waals surface area contributed by atoms with Crippen molar-refractivity contribution in [3.63, 3.8) is 0 Å². The number of likely N-dealkylation sites (tertiary alicyclic amines) is 1. The second-order valence-corrected chi connectivity index (χ2v) is 6.01. The van der Waals surface area contributed by atoms with Crippen molar-refractivity contribution in [1.29, 1.82) is 0 Å². The van der Waals surface area contributed by atoms with E-state index in [-0.39, 0.29) is 5.91 Å². The summed E-state index contributed by atoms with van der Waals surface area (Å²) in [5, 5.41) is 3.40. The monoisotopic (exact) mass is 282 g/mol. The summed E-state index contributed by atoms with van der Waals surface area (Å²) in [6.45, 7) is 4.07. The van der Waals surface area contributed by atoms with E-state index >= 15 is 0 Å². The van der Waals surface area contributed by atoms with Gasteiger partial charge in [0.25, 0.3) is 5.91 Å². The van der Waals surface area contributed by atoms with Crippen LogP contribution in [0.4, 0.5) is 0 Å². The Morgan fingerprint density at radius 2 is 2.14 bits per heavy atom. The molecule has 4 rings (SSSR count). The number of nitrogens with zero attached hydrogens (tertiary/aromatic N) is 3. The van der Waals surface area contributed by atoms with Gasteiger partial charge in [0.2, 0.25) is 0 Å². The lowest BCUT2D eigenvalue weighted by atomic mass is 10.0. The third-order valence-corrected chi connectivity index (χ3v) is 4.74. The van der Waals surface area contributed by atoms with Gasteiger partial charge in [-0.3, -0.25) is 14.8 Å². The standard InChI is InChI=1S/C16H18N4O/c1-10-7-11-8-17-9-14(11)20(10)16(21)12-3-2-4-13-15(12)19-6-5-18-13/h2-6,10-11,14,17H,7-9H2,1H3. The van der Waals surface area contributed by atoms with Gasteiger partial charge >= 0.3 is 0 Å². The van der Waals surface area contributed by atoms with Crippen LogP contribution in [0.2, 0.25) is 0 Å². The number of nitrogens with one attached hydrogen (secondary N) is 1. The quantitative estimate of drug-likeness (QED) is 0.860. The Hall–Kier alpha value is -2.01. The smallest absolute Gasteiger partial charge is 0.256 e. The predicted molar refractivity (Wildman–Crippen MR) is 79.9 cm³/mol. The summed E-state index contributed by atoms with van der Waals surface area (Å²) in [6.07, 6.45) is 4.39. The number of carbonyl (C=O) groups excluding carboxylic acids is 1. The van der Waals surface area contributed by atoms with Gasteiger partial charge in [-0.2, -0.15) is 0 Å². The lowest BCUT2D eigenvalue weighted by molar-refractivity contribution is 0.0684. The highest BCUT2D eigenvalue weighted by atomic mass is 16.2. The molecular formula is C16H18N4O. The van der Waals surface area contributed by atoms with Crippen LogP contribution >= 0.6 is 0 Å². The molecule has 108 valence electrons. The van der Waals surface area contributed by atoms with Gasteiger partial charge in [0, 0.05) is 37.6 Å². The Morgan fingerprint density at radius 3 is 3.05 bits per heavy atom. The molecule has 0 aliphatic carbocycles. The molecule has 5 nitrogen and oxygen atoms in total. The molecule has 1 aromatic carbocycles. The summed E-state index contributed by atoms with van der Waals surface area (Å²) in [5.74, 6) is 0.676. The molecule has 21 heavy (non-hydrogen) atoms. The summed E-state index contributed by atoms with van der Waals surface area (Å²) < 4.78 is 0. The van der Waals surface area contributed by atoms with Gasteiger partial charge in [0.1, 0.15) is 5.52 Å². The first-order chi connectivity index (χ1) is 10.3. The van der Waals surface area contributed by atoms with Gasteiger partial charge < -0.3 is 10.2 Å². The molecule has 0 spiro atoms. The molecule has 5 heteroatoms. The first kappa shape index (κ1) is 12.7. The lowest BCUT2D eigenvalue weighted by Crippen LogP contribution is -2.42. The van der Waals surface area contributed by atoms with Crippen molar-refractivity contribution in [3.05, 3.63) is 36.2 Å². The van der Waals surface area contributed by atoms with Gasteiger partial charge in [0.05, 0.1) is 11.1 Å². The zero-order chi connectivity index (χ0) is 14.4. The number of amides is 1. The van der Waals surface area contributed by atoms with E-state index in [4.69, 9.17) is 0 Å². The Bertz CT molecular complexity index is 696. The van der Waals surface area contributed by atoms with E-state index in [1.165, 1.54) is 0 Å². The second-order valence-electron chi connectivity index (χ2n) is 6.01. The van der Waals surface area contributed by atoms with Crippen LogP contribution in [0, 0.1) is 5.92 Å². The normalized spacial score (nSPS) is 28.0. The van der Waals surface area contributed by atoms with Gasteiger partial charge in [-0.1, -0.05) is 6.07 Å². The van der Waals surface area contributed by atoms with Crippen molar-refractivity contribution in [3.8, 4) is 0 Å². The maximum absolute atomic E-state index is 13.0. The molecule has 0 saturated carbocycles. The number of rotatable bonds is 1. The SMILES string of the molecule is CC1CC2CNCC2N1C(=O)c1cccc2nccnc12. The molecule has 1 aromatic heterocycles. The Labute approximate surface area is 123 Å². The van der Waals surface area contributed by atoms with Crippen molar-refractivity contribution in [1.82, 2.24) is 20.2 Å². The molecule has 0 bridgehead atoms. The summed E-state index contributed by atoms with van der Waals surface area (Å²) in [5.41, 5.74) is 2.14. The van der Waals surface area contributed by atoms with Crippen LogP contribution in [-0.2, 0) is 0 Å². The number of para-hydroxylation sites is 1. The molecule has 2 saturated heterocycles. The van der Waals surface area contributed by atoms with Gasteiger partial charge in [-0.25, -0.2) is 0 Å². The molecule has 2 fully saturated rings. The van der Waals surface area contributed by atoms with E-state index in [2.05, 4.69) is 22.2 Å². The molecule has 3 unspecified atom stereocenters. The number of hydrogen-bond donors (Lipinski definition) is 1. The summed E-state index contributed by atoms with van der Waals surface area (Å²) in [4.78, 5) is 23.7. The first-order valence-electron chi connectivity index (χ1n) is 7.49. The fourth-order valence-electron chi connectivity index (χ4n) is 3.82. The Kier molecular flexibility index (Phi) is 2.89. The Balaban J connectivity index is 1.76. The number of hydrogen-bond acceptors (Lipinski definition) is 4. The van der Waals surface area contributed by atoms with Crippen molar-refractivity contribution in [2.24, 2.45) is 5.92 Å². The maximum Gasteiger partial charge on any atom is 0.256 e. The van der Waals surface area contributed by atoms with E-state index < -0.39 is 0 Å². The van der Waals surface area contributed by atoms with Crippen LogP contribution in [0.3, 0.4) is 0 Å². The Morgan fingerprint density at radius 1 is 1.29 bits per heavy atom. The molecule has 3 heterocycles. The van der Waals surface area contributed by atoms with Crippen molar-refractivity contribution in [2.75, 3.05) is 13.1 Å². The highest BCUT2D eigenvalue weighted by Crippen LogP contribution is 2.34. The fraction of sp³-hybridized carbons (Fsp3) is 0.438. The minimum absolute atomic E-state index is 0.0878. The van der Waals surface area contributed by atoms with Crippen LogP contribution < -0.4 is 5.32 Å². The summed E-state index contributed by atoms with van der Waals surface area (Å²) >= 11 is 0. The van der Waals surface area contributed by atoms with E-state index in [1.807, 2.05) is 23.1 Å². The highest BCUT2D eigenvalue weighted by Gasteiger charge is 2.44. The molecular weight excluding hydrogens is 264 g/mol. The molecule has 3 atom stereocenters. The lowest BCUT2D eigenvalue weighted by Gasteiger charge is -2.28. The van der Waals surface area contributed by atoms with E-state index in [0.717, 1.165) is 25.0 Å². The molecule has 2 aromatic rings. The van der Waals surface area contributed by atoms with Crippen LogP contribution in [0.1, 0.15) is 23.7 Å². The van der Waals surface area contributed by atoms with E-state index in [9.17, 15) is 4.79 Å². The van der Waals surface area contributed by atoms with Gasteiger partial charge in [-0.15, -0.1) is 0 Å². The van der Waals surface area contributed by atoms with Crippen molar-refractivity contribution >= 4 is 16.9 Å². The number of aromatic nitrogens is 2. The van der Waals surface area contributed by atoms with Crippen molar-refractivity contribution in [2.45, 2.75) is 25.4 Å². The molecule has 1 amide bonds. The van der Waals surface area contributed by atoms with Crippen LogP contribution in [0.15, 0.2) is 30.6 Å². The van der Waals surface area contributed by atoms with Crippen LogP contribution in [0.25, 0.3) is 11.0 Å². The number of fused-ring (bicyclic) bond motifs is 2. The number of benzene rings is 1. The van der Waals surface area contributed by atoms with Crippen molar-refractivity contribution < 1.29 is 4.79 Å². The van der Waals surface area contributed by atoms with Gasteiger partial charge in [0.15, 0.2) is 0 Å². The summed E-state index contributed by atoms with van der Waals surface area (Å²) in [7, 11) is 0. The summed E-state index contributed by atoms with van der Waals surface area (Å²) in [6, 6.07) is 6.25. The zero-order valence-corrected chi connectivity index (χ0v) is 12.0. The molecule has 0 radical (unpaired) electrons. The predicted octanol–water partition coefficient (Wildman–Crippen LogP) is 1.45. The largest absolute Gasteiger partial charge is 0.331 e. The van der Waals surface area contributed by atoms with Crippen LogP contribution in [0.5, 0.6) is 0 Å². The molecule has 2 aliphatic heterocycles.